The second kappa shape index (κ2) is 6.97. The zero-order valence-corrected chi connectivity index (χ0v) is 14.1. The fourth-order valence-corrected chi connectivity index (χ4v) is 2.79. The molecule has 0 bridgehead atoms. The van der Waals surface area contributed by atoms with Crippen molar-refractivity contribution in [1.82, 2.24) is 5.32 Å². The van der Waals surface area contributed by atoms with E-state index in [-0.39, 0.29) is 17.9 Å². The van der Waals surface area contributed by atoms with Crippen LogP contribution in [-0.4, -0.2) is 28.3 Å². The van der Waals surface area contributed by atoms with Gasteiger partial charge in [0.25, 0.3) is 11.8 Å². The van der Waals surface area contributed by atoms with Crippen LogP contribution in [0.4, 0.5) is 5.69 Å². The molecule has 1 aliphatic carbocycles. The number of para-hydroxylation sites is 1. The zero-order valence-electron chi connectivity index (χ0n) is 13.2. The minimum Gasteiger partial charge on any atom is -0.349 e. The molecule has 6 heteroatoms. The van der Waals surface area contributed by atoms with Crippen molar-refractivity contribution in [3.63, 3.8) is 0 Å². The van der Waals surface area contributed by atoms with Gasteiger partial charge in [-0.25, -0.2) is 0 Å². The molecule has 5 nitrogen and oxygen atoms in total. The van der Waals surface area contributed by atoms with Crippen LogP contribution < -0.4 is 10.6 Å². The molecule has 24 heavy (non-hydrogen) atoms. The van der Waals surface area contributed by atoms with Crippen LogP contribution in [0.25, 0.3) is 0 Å². The highest BCUT2D eigenvalue weighted by molar-refractivity contribution is 7.84. The van der Waals surface area contributed by atoms with E-state index in [0.717, 1.165) is 12.8 Å². The monoisotopic (exact) mass is 342 g/mol. The Balaban J connectivity index is 1.76. The van der Waals surface area contributed by atoms with E-state index in [1.165, 1.54) is 0 Å². The fourth-order valence-electron chi connectivity index (χ4n) is 2.27. The molecule has 1 fully saturated rings. The number of carbonyl (C=O) groups is 2. The Morgan fingerprint density at radius 3 is 2.29 bits per heavy atom. The van der Waals surface area contributed by atoms with Crippen LogP contribution in [0.2, 0.25) is 0 Å². The van der Waals surface area contributed by atoms with Crippen LogP contribution >= 0.6 is 0 Å². The van der Waals surface area contributed by atoms with Gasteiger partial charge in [-0.05, 0) is 49.2 Å². The molecule has 0 saturated heterocycles. The first-order chi connectivity index (χ1) is 11.5. The van der Waals surface area contributed by atoms with Gasteiger partial charge in [0.05, 0.1) is 11.3 Å². The van der Waals surface area contributed by atoms with Crippen molar-refractivity contribution in [2.75, 3.05) is 11.6 Å². The summed E-state index contributed by atoms with van der Waals surface area (Å²) in [6, 6.07) is 13.8. The number of nitrogens with one attached hydrogen (secondary N) is 2. The largest absolute Gasteiger partial charge is 0.349 e. The van der Waals surface area contributed by atoms with Gasteiger partial charge >= 0.3 is 0 Å². The zero-order chi connectivity index (χ0) is 17.1. The molecule has 3 rings (SSSR count). The van der Waals surface area contributed by atoms with Crippen LogP contribution in [0.5, 0.6) is 0 Å². The van der Waals surface area contributed by atoms with Gasteiger partial charge in [0.15, 0.2) is 0 Å². The van der Waals surface area contributed by atoms with Gasteiger partial charge < -0.3 is 10.6 Å². The van der Waals surface area contributed by atoms with Crippen LogP contribution in [-0.2, 0) is 10.8 Å². The van der Waals surface area contributed by atoms with Gasteiger partial charge in [-0.1, -0.05) is 12.1 Å². The topological polar surface area (TPSA) is 75.3 Å². The van der Waals surface area contributed by atoms with E-state index in [0.29, 0.717) is 21.7 Å². The van der Waals surface area contributed by atoms with E-state index in [1.54, 1.807) is 54.8 Å². The molecule has 0 aromatic heterocycles. The molecule has 1 unspecified atom stereocenters. The summed E-state index contributed by atoms with van der Waals surface area (Å²) in [5.41, 5.74) is 1.37. The molecule has 0 aliphatic heterocycles. The van der Waals surface area contributed by atoms with E-state index < -0.39 is 10.8 Å². The molecule has 2 amide bonds. The average molecular weight is 342 g/mol. The highest BCUT2D eigenvalue weighted by atomic mass is 32.2. The molecule has 2 aromatic carbocycles. The van der Waals surface area contributed by atoms with Crippen LogP contribution in [0.15, 0.2) is 53.4 Å². The maximum atomic E-state index is 12.4. The molecule has 1 aliphatic rings. The third-order valence-electron chi connectivity index (χ3n) is 3.78. The molecular formula is C18H18N2O3S. The average Bonchev–Trinajstić information content (AvgIpc) is 3.39. The summed E-state index contributed by atoms with van der Waals surface area (Å²) in [4.78, 5) is 25.3. The van der Waals surface area contributed by atoms with E-state index in [2.05, 4.69) is 10.6 Å². The van der Waals surface area contributed by atoms with Crippen molar-refractivity contribution >= 4 is 28.3 Å². The Kier molecular flexibility index (Phi) is 4.76. The van der Waals surface area contributed by atoms with Crippen molar-refractivity contribution in [3.05, 3.63) is 59.7 Å². The summed E-state index contributed by atoms with van der Waals surface area (Å²) in [7, 11) is -1.08. The fraction of sp³-hybridized carbons (Fsp3) is 0.222. The van der Waals surface area contributed by atoms with E-state index in [9.17, 15) is 13.8 Å². The predicted molar refractivity (Wildman–Crippen MR) is 93.7 cm³/mol. The van der Waals surface area contributed by atoms with E-state index >= 15 is 0 Å². The Morgan fingerprint density at radius 2 is 1.67 bits per heavy atom. The summed E-state index contributed by atoms with van der Waals surface area (Å²) >= 11 is 0. The number of anilines is 1. The highest BCUT2D eigenvalue weighted by Crippen LogP contribution is 2.22. The lowest BCUT2D eigenvalue weighted by Gasteiger charge is -2.11. The lowest BCUT2D eigenvalue weighted by Crippen LogP contribution is -2.27. The van der Waals surface area contributed by atoms with Gasteiger partial charge in [0.1, 0.15) is 0 Å². The number of amides is 2. The SMILES string of the molecule is CS(=O)c1ccc(C(=O)Nc2ccccc2C(=O)NC2CC2)cc1. The third-order valence-corrected chi connectivity index (χ3v) is 4.72. The first-order valence-electron chi connectivity index (χ1n) is 7.69. The number of carbonyl (C=O) groups excluding carboxylic acids is 2. The second-order valence-electron chi connectivity index (χ2n) is 5.73. The van der Waals surface area contributed by atoms with E-state index in [4.69, 9.17) is 0 Å². The minimum atomic E-state index is -1.08. The smallest absolute Gasteiger partial charge is 0.255 e. The van der Waals surface area contributed by atoms with Gasteiger partial charge in [-0.15, -0.1) is 0 Å². The number of hydrogen-bond acceptors (Lipinski definition) is 3. The Bertz CT molecular complexity index is 798. The number of hydrogen-bond donors (Lipinski definition) is 2. The lowest BCUT2D eigenvalue weighted by molar-refractivity contribution is 0.0952. The maximum Gasteiger partial charge on any atom is 0.255 e. The number of rotatable bonds is 5. The molecule has 2 aromatic rings. The standard InChI is InChI=1S/C18H18N2O3S/c1-24(23)14-10-6-12(7-11-14)17(21)20-16-5-3-2-4-15(16)18(22)19-13-8-9-13/h2-7,10-11,13H,8-9H2,1H3,(H,19,22)(H,20,21). The van der Waals surface area contributed by atoms with E-state index in [1.807, 2.05) is 0 Å². The Hall–Kier alpha value is -2.47. The van der Waals surface area contributed by atoms with Crippen molar-refractivity contribution < 1.29 is 13.8 Å². The van der Waals surface area contributed by atoms with Gasteiger partial charge in [0.2, 0.25) is 0 Å². The molecular weight excluding hydrogens is 324 g/mol. The van der Waals surface area contributed by atoms with Crippen molar-refractivity contribution in [2.45, 2.75) is 23.8 Å². The summed E-state index contributed by atoms with van der Waals surface area (Å²) in [5, 5.41) is 5.69. The molecule has 2 N–H and O–H groups in total. The first kappa shape index (κ1) is 16.4. The molecule has 0 heterocycles. The summed E-state index contributed by atoms with van der Waals surface area (Å²) < 4.78 is 11.4. The highest BCUT2D eigenvalue weighted by Gasteiger charge is 2.25. The predicted octanol–water partition coefficient (Wildman–Crippen LogP) is 2.57. The Morgan fingerprint density at radius 1 is 1.00 bits per heavy atom. The summed E-state index contributed by atoms with van der Waals surface area (Å²) in [6.07, 6.45) is 3.60. The van der Waals surface area contributed by atoms with Crippen molar-refractivity contribution in [3.8, 4) is 0 Å². The summed E-state index contributed by atoms with van der Waals surface area (Å²) in [6.45, 7) is 0. The van der Waals surface area contributed by atoms with Gasteiger partial charge in [-0.3, -0.25) is 13.8 Å². The molecule has 124 valence electrons. The Labute approximate surface area is 142 Å². The third kappa shape index (κ3) is 3.89. The van der Waals surface area contributed by atoms with Gasteiger partial charge in [-0.2, -0.15) is 0 Å². The quantitative estimate of drug-likeness (QED) is 0.877. The second-order valence-corrected chi connectivity index (χ2v) is 7.11. The summed E-state index contributed by atoms with van der Waals surface area (Å²) in [5.74, 6) is -0.486. The maximum absolute atomic E-state index is 12.4. The minimum absolute atomic E-state index is 0.176. The van der Waals surface area contributed by atoms with Crippen LogP contribution in [0.1, 0.15) is 33.6 Å². The molecule has 1 atom stereocenters. The number of benzene rings is 2. The molecule has 0 spiro atoms. The normalized spacial score (nSPS) is 14.7. The molecule has 1 saturated carbocycles. The lowest BCUT2D eigenvalue weighted by atomic mass is 10.1. The van der Waals surface area contributed by atoms with Gasteiger partial charge in [0, 0.05) is 33.6 Å². The van der Waals surface area contributed by atoms with Crippen molar-refractivity contribution in [1.29, 1.82) is 0 Å². The van der Waals surface area contributed by atoms with Crippen molar-refractivity contribution in [2.24, 2.45) is 0 Å². The molecule has 0 radical (unpaired) electrons. The first-order valence-corrected chi connectivity index (χ1v) is 9.25. The van der Waals surface area contributed by atoms with Crippen LogP contribution in [0, 0.1) is 0 Å². The van der Waals surface area contributed by atoms with Crippen LogP contribution in [0.3, 0.4) is 0 Å².